The highest BCUT2D eigenvalue weighted by atomic mass is 19.1. The summed E-state index contributed by atoms with van der Waals surface area (Å²) >= 11 is 0. The Morgan fingerprint density at radius 3 is 2.35 bits per heavy atom. The molecule has 2 heterocycles. The maximum atomic E-state index is 15.1. The van der Waals surface area contributed by atoms with Crippen molar-refractivity contribution in [2.45, 2.75) is 26.8 Å². The van der Waals surface area contributed by atoms with Gasteiger partial charge in [-0.3, -0.25) is 4.79 Å². The fraction of sp³-hybridized carbons (Fsp3) is 0.207. The molecule has 0 radical (unpaired) electrons. The third-order valence-electron chi connectivity index (χ3n) is 6.58. The molecular formula is C29H29FN6O. The maximum absolute atomic E-state index is 15.1. The molecule has 8 heteroatoms. The topological polar surface area (TPSA) is 75.1 Å². The van der Waals surface area contributed by atoms with Crippen LogP contribution in [0.5, 0.6) is 0 Å². The predicted octanol–water partition coefficient (Wildman–Crippen LogP) is 5.86. The van der Waals surface area contributed by atoms with E-state index in [9.17, 15) is 4.79 Å². The summed E-state index contributed by atoms with van der Waals surface area (Å²) in [7, 11) is 0. The van der Waals surface area contributed by atoms with Gasteiger partial charge >= 0.3 is 0 Å². The molecule has 1 unspecified atom stereocenters. The summed E-state index contributed by atoms with van der Waals surface area (Å²) in [5.41, 5.74) is 3.91. The molecule has 1 amide bonds. The zero-order valence-corrected chi connectivity index (χ0v) is 21.1. The first-order valence-electron chi connectivity index (χ1n) is 12.4. The molecular weight excluding hydrogens is 467 g/mol. The Labute approximate surface area is 215 Å². The van der Waals surface area contributed by atoms with Crippen LogP contribution >= 0.6 is 0 Å². The molecule has 0 bridgehead atoms. The van der Waals surface area contributed by atoms with Gasteiger partial charge in [0.15, 0.2) is 5.82 Å². The van der Waals surface area contributed by atoms with E-state index in [0.717, 1.165) is 24.3 Å². The minimum absolute atomic E-state index is 0.337. The molecule has 4 aromatic rings. The smallest absolute Gasteiger partial charge is 0.255 e. The second kappa shape index (κ2) is 10.3. The third-order valence-corrected chi connectivity index (χ3v) is 6.58. The number of nitrogens with one attached hydrogen (secondary N) is 2. The zero-order chi connectivity index (χ0) is 25.9. The highest BCUT2D eigenvalue weighted by Crippen LogP contribution is 2.38. The SMILES string of the molecule is CCN(CC)c1ccc(-c2nc3n(n2)C(c2ccccc2F)C(C(=O)Nc2ccccc2)=C(C)N3)cc1. The van der Waals surface area contributed by atoms with Crippen LogP contribution in [0.3, 0.4) is 0 Å². The Morgan fingerprint density at radius 1 is 1.00 bits per heavy atom. The summed E-state index contributed by atoms with van der Waals surface area (Å²) in [5.74, 6) is 0.187. The van der Waals surface area contributed by atoms with Crippen molar-refractivity contribution in [2.75, 3.05) is 28.6 Å². The van der Waals surface area contributed by atoms with Crippen molar-refractivity contribution in [3.05, 3.63) is 102 Å². The van der Waals surface area contributed by atoms with Crippen LogP contribution in [0.25, 0.3) is 11.4 Å². The number of carbonyl (C=O) groups excluding carboxylic acids is 1. The van der Waals surface area contributed by atoms with Gasteiger partial charge in [-0.2, -0.15) is 4.98 Å². The van der Waals surface area contributed by atoms with Crippen molar-refractivity contribution < 1.29 is 9.18 Å². The number of amides is 1. The molecule has 0 saturated carbocycles. The molecule has 0 saturated heterocycles. The Balaban J connectivity index is 1.56. The van der Waals surface area contributed by atoms with E-state index in [0.29, 0.717) is 34.3 Å². The van der Waals surface area contributed by atoms with Crippen LogP contribution < -0.4 is 15.5 Å². The number of carbonyl (C=O) groups is 1. The summed E-state index contributed by atoms with van der Waals surface area (Å²) in [6.07, 6.45) is 0. The van der Waals surface area contributed by atoms with Gasteiger partial charge in [0.1, 0.15) is 11.9 Å². The fourth-order valence-electron chi connectivity index (χ4n) is 4.68. The number of rotatable bonds is 7. The molecule has 0 aliphatic carbocycles. The number of hydrogen-bond acceptors (Lipinski definition) is 5. The molecule has 0 fully saturated rings. The molecule has 1 aromatic heterocycles. The standard InChI is InChI=1S/C29H29FN6O/c1-4-35(5-2)22-17-15-20(16-18-22)27-33-29-31-19(3)25(28(37)32-21-11-7-6-8-12-21)26(36(29)34-27)23-13-9-10-14-24(23)30/h6-18,26H,4-5H2,1-3H3,(H,32,37)(H,31,33,34). The summed E-state index contributed by atoms with van der Waals surface area (Å²) in [6, 6.07) is 22.9. The van der Waals surface area contributed by atoms with Gasteiger partial charge in [-0.25, -0.2) is 9.07 Å². The molecule has 5 rings (SSSR count). The van der Waals surface area contributed by atoms with Crippen molar-refractivity contribution in [1.82, 2.24) is 14.8 Å². The highest BCUT2D eigenvalue weighted by Gasteiger charge is 2.35. The molecule has 7 nitrogen and oxygen atoms in total. The van der Waals surface area contributed by atoms with Crippen LogP contribution in [-0.4, -0.2) is 33.8 Å². The lowest BCUT2D eigenvalue weighted by Crippen LogP contribution is -2.32. The minimum atomic E-state index is -0.794. The van der Waals surface area contributed by atoms with E-state index in [4.69, 9.17) is 10.1 Å². The number of hydrogen-bond donors (Lipinski definition) is 2. The second-order valence-electron chi connectivity index (χ2n) is 8.83. The number of aromatic nitrogens is 3. The van der Waals surface area contributed by atoms with Gasteiger partial charge in [0, 0.05) is 41.3 Å². The monoisotopic (exact) mass is 496 g/mol. The number of benzene rings is 3. The van der Waals surface area contributed by atoms with Gasteiger partial charge in [-0.15, -0.1) is 5.10 Å². The zero-order valence-electron chi connectivity index (χ0n) is 21.1. The number of halogens is 1. The van der Waals surface area contributed by atoms with Gasteiger partial charge in [0.05, 0.1) is 5.57 Å². The lowest BCUT2D eigenvalue weighted by molar-refractivity contribution is -0.113. The lowest BCUT2D eigenvalue weighted by atomic mass is 9.94. The van der Waals surface area contributed by atoms with E-state index in [1.807, 2.05) is 54.6 Å². The maximum Gasteiger partial charge on any atom is 0.255 e. The molecule has 1 atom stereocenters. The van der Waals surface area contributed by atoms with Gasteiger partial charge < -0.3 is 15.5 Å². The lowest BCUT2D eigenvalue weighted by Gasteiger charge is -2.28. The number of allylic oxidation sites excluding steroid dienone is 1. The molecule has 0 spiro atoms. The Hall–Kier alpha value is -4.46. The average molecular weight is 497 g/mol. The largest absolute Gasteiger partial charge is 0.372 e. The average Bonchev–Trinajstić information content (AvgIpc) is 3.33. The number of fused-ring (bicyclic) bond motifs is 1. The van der Waals surface area contributed by atoms with E-state index in [2.05, 4.69) is 29.4 Å². The van der Waals surface area contributed by atoms with E-state index in [1.54, 1.807) is 29.8 Å². The normalized spacial score (nSPS) is 14.6. The number of para-hydroxylation sites is 1. The van der Waals surface area contributed by atoms with Crippen LogP contribution in [0.2, 0.25) is 0 Å². The fourth-order valence-corrected chi connectivity index (χ4v) is 4.68. The van der Waals surface area contributed by atoms with Crippen molar-refractivity contribution >= 4 is 23.2 Å². The summed E-state index contributed by atoms with van der Waals surface area (Å²) < 4.78 is 16.7. The Morgan fingerprint density at radius 2 is 1.68 bits per heavy atom. The Bertz CT molecular complexity index is 1440. The first kappa shape index (κ1) is 24.2. The van der Waals surface area contributed by atoms with E-state index in [-0.39, 0.29) is 5.91 Å². The van der Waals surface area contributed by atoms with Crippen LogP contribution in [0.1, 0.15) is 32.4 Å². The van der Waals surface area contributed by atoms with Crippen LogP contribution in [-0.2, 0) is 4.79 Å². The minimum Gasteiger partial charge on any atom is -0.372 e. The van der Waals surface area contributed by atoms with Gasteiger partial charge in [-0.05, 0) is 63.2 Å². The van der Waals surface area contributed by atoms with Crippen molar-refractivity contribution in [1.29, 1.82) is 0 Å². The molecule has 3 aromatic carbocycles. The summed E-state index contributed by atoms with van der Waals surface area (Å²) in [5, 5.41) is 10.9. The van der Waals surface area contributed by atoms with Crippen LogP contribution in [0.15, 0.2) is 90.1 Å². The molecule has 188 valence electrons. The summed E-state index contributed by atoms with van der Waals surface area (Å²) in [4.78, 5) is 20.5. The van der Waals surface area contributed by atoms with Gasteiger partial charge in [0.25, 0.3) is 5.91 Å². The number of anilines is 3. The van der Waals surface area contributed by atoms with Gasteiger partial charge in [-0.1, -0.05) is 36.4 Å². The second-order valence-corrected chi connectivity index (χ2v) is 8.83. The molecule has 37 heavy (non-hydrogen) atoms. The molecule has 2 N–H and O–H groups in total. The quantitative estimate of drug-likeness (QED) is 0.335. The first-order valence-corrected chi connectivity index (χ1v) is 12.4. The summed E-state index contributed by atoms with van der Waals surface area (Å²) in [6.45, 7) is 7.87. The van der Waals surface area contributed by atoms with Crippen LogP contribution in [0, 0.1) is 5.82 Å². The van der Waals surface area contributed by atoms with E-state index >= 15 is 4.39 Å². The van der Waals surface area contributed by atoms with E-state index < -0.39 is 11.9 Å². The van der Waals surface area contributed by atoms with Crippen molar-refractivity contribution in [3.63, 3.8) is 0 Å². The molecule has 1 aliphatic heterocycles. The van der Waals surface area contributed by atoms with Crippen molar-refractivity contribution in [2.24, 2.45) is 0 Å². The number of nitrogens with zero attached hydrogens (tertiary/aromatic N) is 4. The first-order chi connectivity index (χ1) is 18.0. The van der Waals surface area contributed by atoms with Crippen molar-refractivity contribution in [3.8, 4) is 11.4 Å². The van der Waals surface area contributed by atoms with Crippen LogP contribution in [0.4, 0.5) is 21.7 Å². The Kier molecular flexibility index (Phi) is 6.72. The third kappa shape index (κ3) is 4.70. The predicted molar refractivity (Wildman–Crippen MR) is 145 cm³/mol. The van der Waals surface area contributed by atoms with E-state index in [1.165, 1.54) is 6.07 Å². The van der Waals surface area contributed by atoms with Gasteiger partial charge in [0.2, 0.25) is 5.95 Å². The molecule has 1 aliphatic rings. The highest BCUT2D eigenvalue weighted by molar-refractivity contribution is 6.06.